The summed E-state index contributed by atoms with van der Waals surface area (Å²) in [5.74, 6) is 0.0167. The summed E-state index contributed by atoms with van der Waals surface area (Å²) in [7, 11) is 1.77. The first-order valence-electron chi connectivity index (χ1n) is 6.37. The Morgan fingerprint density at radius 1 is 1.50 bits per heavy atom. The van der Waals surface area contributed by atoms with Crippen LogP contribution in [-0.2, 0) is 7.05 Å². The second-order valence-electron chi connectivity index (χ2n) is 4.62. The van der Waals surface area contributed by atoms with E-state index in [4.69, 9.17) is 5.73 Å². The van der Waals surface area contributed by atoms with Crippen LogP contribution in [0.2, 0.25) is 0 Å². The molecule has 0 bridgehead atoms. The minimum Gasteiger partial charge on any atom is -0.397 e. The number of nitrogens with one attached hydrogen (secondary N) is 1. The standard InChI is InChI=1S/C13H23N3O2/c1-4-9(5-2)12(17)7-15-13(18)11-6-10(14)8-16(11)3/h6,8-9,12,17H,4-5,7,14H2,1-3H3,(H,15,18). The molecule has 1 amide bonds. The van der Waals surface area contributed by atoms with Gasteiger partial charge in [0.15, 0.2) is 0 Å². The number of nitrogens with two attached hydrogens (primary N) is 1. The van der Waals surface area contributed by atoms with E-state index in [0.29, 0.717) is 11.4 Å². The lowest BCUT2D eigenvalue weighted by atomic mass is 9.96. The molecule has 0 aliphatic carbocycles. The zero-order chi connectivity index (χ0) is 13.7. The average Bonchev–Trinajstić information content (AvgIpc) is 2.67. The number of nitrogen functional groups attached to an aromatic ring is 1. The van der Waals surface area contributed by atoms with Gasteiger partial charge in [-0.15, -0.1) is 0 Å². The molecule has 102 valence electrons. The van der Waals surface area contributed by atoms with Crippen molar-refractivity contribution >= 4 is 11.6 Å². The lowest BCUT2D eigenvalue weighted by molar-refractivity contribution is 0.0810. The largest absolute Gasteiger partial charge is 0.397 e. The molecule has 1 aromatic heterocycles. The van der Waals surface area contributed by atoms with E-state index in [1.54, 1.807) is 23.9 Å². The van der Waals surface area contributed by atoms with Crippen LogP contribution in [0, 0.1) is 5.92 Å². The second-order valence-corrected chi connectivity index (χ2v) is 4.62. The van der Waals surface area contributed by atoms with Crippen molar-refractivity contribution in [3.8, 4) is 0 Å². The Hall–Kier alpha value is -1.49. The Kier molecular flexibility index (Phi) is 5.22. The van der Waals surface area contributed by atoms with E-state index in [2.05, 4.69) is 5.32 Å². The normalized spacial score (nSPS) is 12.7. The molecule has 4 N–H and O–H groups in total. The number of hydrogen-bond acceptors (Lipinski definition) is 3. The fourth-order valence-corrected chi connectivity index (χ4v) is 2.10. The first-order chi connectivity index (χ1) is 8.49. The van der Waals surface area contributed by atoms with E-state index < -0.39 is 6.10 Å². The molecule has 1 atom stereocenters. The molecule has 0 radical (unpaired) electrons. The number of anilines is 1. The number of amides is 1. The molecule has 1 aromatic rings. The summed E-state index contributed by atoms with van der Waals surface area (Å²) in [5.41, 5.74) is 6.68. The van der Waals surface area contributed by atoms with Gasteiger partial charge >= 0.3 is 0 Å². The van der Waals surface area contributed by atoms with Crippen LogP contribution in [0.3, 0.4) is 0 Å². The number of hydrogen-bond donors (Lipinski definition) is 3. The zero-order valence-electron chi connectivity index (χ0n) is 11.3. The third-order valence-corrected chi connectivity index (χ3v) is 3.32. The van der Waals surface area contributed by atoms with E-state index >= 15 is 0 Å². The van der Waals surface area contributed by atoms with Gasteiger partial charge in [-0.05, 0) is 12.0 Å². The predicted octanol–water partition coefficient (Wildman–Crippen LogP) is 1.13. The van der Waals surface area contributed by atoms with Crippen LogP contribution in [0.4, 0.5) is 5.69 Å². The molecule has 0 saturated carbocycles. The maximum Gasteiger partial charge on any atom is 0.268 e. The van der Waals surface area contributed by atoms with Crippen LogP contribution >= 0.6 is 0 Å². The lowest BCUT2D eigenvalue weighted by Gasteiger charge is -2.20. The van der Waals surface area contributed by atoms with Gasteiger partial charge in [0.1, 0.15) is 5.69 Å². The molecule has 0 spiro atoms. The van der Waals surface area contributed by atoms with E-state index in [-0.39, 0.29) is 18.4 Å². The quantitative estimate of drug-likeness (QED) is 0.711. The number of aliphatic hydroxyl groups is 1. The molecule has 5 nitrogen and oxygen atoms in total. The van der Waals surface area contributed by atoms with Gasteiger partial charge in [-0.3, -0.25) is 4.79 Å². The highest BCUT2D eigenvalue weighted by molar-refractivity contribution is 5.93. The number of carbonyl (C=O) groups is 1. The Morgan fingerprint density at radius 3 is 2.56 bits per heavy atom. The Balaban J connectivity index is 2.53. The van der Waals surface area contributed by atoms with Crippen LogP contribution in [0.1, 0.15) is 37.2 Å². The topological polar surface area (TPSA) is 80.3 Å². The highest BCUT2D eigenvalue weighted by Crippen LogP contribution is 2.13. The third kappa shape index (κ3) is 3.50. The number of carbonyl (C=O) groups excluding carboxylic acids is 1. The smallest absolute Gasteiger partial charge is 0.268 e. The first-order valence-corrected chi connectivity index (χ1v) is 6.37. The molecule has 1 rings (SSSR count). The molecule has 18 heavy (non-hydrogen) atoms. The number of aliphatic hydroxyl groups excluding tert-OH is 1. The van der Waals surface area contributed by atoms with Crippen LogP contribution in [0.5, 0.6) is 0 Å². The number of aryl methyl sites for hydroxylation is 1. The minimum atomic E-state index is -0.499. The van der Waals surface area contributed by atoms with Crippen molar-refractivity contribution in [3.63, 3.8) is 0 Å². The minimum absolute atomic E-state index is 0.209. The summed E-state index contributed by atoms with van der Waals surface area (Å²) in [4.78, 5) is 11.9. The van der Waals surface area contributed by atoms with Crippen molar-refractivity contribution < 1.29 is 9.90 Å². The Bertz CT molecular complexity index is 397. The van der Waals surface area contributed by atoms with Crippen LogP contribution in [0.25, 0.3) is 0 Å². The number of rotatable bonds is 6. The van der Waals surface area contributed by atoms with Gasteiger partial charge in [0.05, 0.1) is 11.8 Å². The summed E-state index contributed by atoms with van der Waals surface area (Å²) in [5, 5.41) is 12.7. The molecule has 0 aliphatic rings. The summed E-state index contributed by atoms with van der Waals surface area (Å²) >= 11 is 0. The third-order valence-electron chi connectivity index (χ3n) is 3.32. The molecule has 5 heteroatoms. The average molecular weight is 253 g/mol. The predicted molar refractivity (Wildman–Crippen MR) is 72.2 cm³/mol. The Labute approximate surface area is 108 Å². The zero-order valence-corrected chi connectivity index (χ0v) is 11.3. The molecule has 0 aromatic carbocycles. The number of aromatic nitrogens is 1. The number of nitrogens with zero attached hydrogens (tertiary/aromatic N) is 1. The van der Waals surface area contributed by atoms with E-state index in [0.717, 1.165) is 12.8 Å². The highest BCUT2D eigenvalue weighted by atomic mass is 16.3. The lowest BCUT2D eigenvalue weighted by Crippen LogP contribution is -2.36. The van der Waals surface area contributed by atoms with E-state index in [9.17, 15) is 9.90 Å². The summed E-state index contributed by atoms with van der Waals surface area (Å²) < 4.78 is 1.67. The summed E-state index contributed by atoms with van der Waals surface area (Å²) in [6, 6.07) is 1.62. The summed E-state index contributed by atoms with van der Waals surface area (Å²) in [6.07, 6.45) is 3.00. The second kappa shape index (κ2) is 6.44. The van der Waals surface area contributed by atoms with Crippen molar-refractivity contribution in [3.05, 3.63) is 18.0 Å². The van der Waals surface area contributed by atoms with Crippen molar-refractivity contribution in [1.29, 1.82) is 0 Å². The fourth-order valence-electron chi connectivity index (χ4n) is 2.10. The van der Waals surface area contributed by atoms with Gasteiger partial charge in [0.2, 0.25) is 0 Å². The van der Waals surface area contributed by atoms with Crippen molar-refractivity contribution in [1.82, 2.24) is 9.88 Å². The molecule has 1 heterocycles. The molecule has 1 unspecified atom stereocenters. The van der Waals surface area contributed by atoms with Crippen LogP contribution in [0.15, 0.2) is 12.3 Å². The maximum absolute atomic E-state index is 11.9. The first kappa shape index (κ1) is 14.6. The molecule has 0 saturated heterocycles. The maximum atomic E-state index is 11.9. The molecule has 0 aliphatic heterocycles. The van der Waals surface area contributed by atoms with Gasteiger partial charge < -0.3 is 20.7 Å². The fraction of sp³-hybridized carbons (Fsp3) is 0.615. The van der Waals surface area contributed by atoms with Gasteiger partial charge in [0, 0.05) is 19.8 Å². The van der Waals surface area contributed by atoms with E-state index in [1.807, 2.05) is 13.8 Å². The molecular weight excluding hydrogens is 230 g/mol. The monoisotopic (exact) mass is 253 g/mol. The van der Waals surface area contributed by atoms with Gasteiger partial charge in [0.25, 0.3) is 5.91 Å². The van der Waals surface area contributed by atoms with Gasteiger partial charge in [-0.1, -0.05) is 26.7 Å². The van der Waals surface area contributed by atoms with Gasteiger partial charge in [-0.25, -0.2) is 0 Å². The SMILES string of the molecule is CCC(CC)C(O)CNC(=O)c1cc(N)cn1C. The van der Waals surface area contributed by atoms with Gasteiger partial charge in [-0.2, -0.15) is 0 Å². The van der Waals surface area contributed by atoms with Crippen LogP contribution < -0.4 is 11.1 Å². The van der Waals surface area contributed by atoms with Crippen molar-refractivity contribution in [2.75, 3.05) is 12.3 Å². The van der Waals surface area contributed by atoms with Crippen LogP contribution in [-0.4, -0.2) is 28.2 Å². The van der Waals surface area contributed by atoms with E-state index in [1.165, 1.54) is 0 Å². The van der Waals surface area contributed by atoms with Crippen molar-refractivity contribution in [2.24, 2.45) is 13.0 Å². The Morgan fingerprint density at radius 2 is 2.11 bits per heavy atom. The van der Waals surface area contributed by atoms with Crippen molar-refractivity contribution in [2.45, 2.75) is 32.8 Å². The molecule has 0 fully saturated rings. The molecular formula is C13H23N3O2. The highest BCUT2D eigenvalue weighted by Gasteiger charge is 2.17. The summed E-state index contributed by atoms with van der Waals surface area (Å²) in [6.45, 7) is 4.35.